The Balaban J connectivity index is 1.50. The van der Waals surface area contributed by atoms with Gasteiger partial charge in [-0.25, -0.2) is 0 Å². The van der Waals surface area contributed by atoms with E-state index in [4.69, 9.17) is 4.74 Å². The number of rotatable bonds is 6. The molecular formula is C25H40O3. The Labute approximate surface area is 171 Å². The van der Waals surface area contributed by atoms with E-state index in [0.717, 1.165) is 61.6 Å². The van der Waals surface area contributed by atoms with Gasteiger partial charge in [0, 0.05) is 6.42 Å². The minimum atomic E-state index is 0.163. The van der Waals surface area contributed by atoms with Gasteiger partial charge in [-0.15, -0.1) is 0 Å². The van der Waals surface area contributed by atoms with Crippen molar-refractivity contribution in [3.8, 4) is 0 Å². The van der Waals surface area contributed by atoms with Gasteiger partial charge in [0.15, 0.2) is 0 Å². The van der Waals surface area contributed by atoms with Crippen molar-refractivity contribution in [2.45, 2.75) is 97.5 Å². The van der Waals surface area contributed by atoms with E-state index in [2.05, 4.69) is 20.8 Å². The van der Waals surface area contributed by atoms with Gasteiger partial charge in [-0.1, -0.05) is 20.8 Å². The molecule has 0 aliphatic heterocycles. The number of ether oxygens (including phenoxy) is 1. The van der Waals surface area contributed by atoms with Crippen molar-refractivity contribution in [2.75, 3.05) is 0 Å². The summed E-state index contributed by atoms with van der Waals surface area (Å²) in [7, 11) is 0. The third kappa shape index (κ3) is 3.16. The van der Waals surface area contributed by atoms with Crippen LogP contribution in [0.4, 0.5) is 0 Å². The number of carbonyl (C=O) groups excluding carboxylic acids is 2. The Morgan fingerprint density at radius 1 is 0.964 bits per heavy atom. The lowest BCUT2D eigenvalue weighted by Gasteiger charge is -2.61. The van der Waals surface area contributed by atoms with Crippen LogP contribution >= 0.6 is 0 Å². The molecule has 28 heavy (non-hydrogen) atoms. The van der Waals surface area contributed by atoms with Gasteiger partial charge in [0.2, 0.25) is 0 Å². The Hall–Kier alpha value is -0.860. The first-order chi connectivity index (χ1) is 13.4. The predicted molar refractivity (Wildman–Crippen MR) is 111 cm³/mol. The maximum atomic E-state index is 10.9. The minimum absolute atomic E-state index is 0.163. The minimum Gasteiger partial charge on any atom is -0.465 e. The third-order valence-corrected chi connectivity index (χ3v) is 10.4. The molecule has 0 bridgehead atoms. The molecule has 158 valence electrons. The zero-order chi connectivity index (χ0) is 19.9. The second-order valence-corrected chi connectivity index (χ2v) is 11.2. The molecule has 4 aliphatic carbocycles. The molecule has 0 aromatic heterocycles. The van der Waals surface area contributed by atoms with Gasteiger partial charge >= 0.3 is 0 Å². The molecule has 0 N–H and O–H groups in total. The second-order valence-electron chi connectivity index (χ2n) is 11.2. The molecule has 4 saturated carbocycles. The van der Waals surface area contributed by atoms with Gasteiger partial charge in [-0.05, 0) is 111 Å². The van der Waals surface area contributed by atoms with Gasteiger partial charge < -0.3 is 9.53 Å². The zero-order valence-electron chi connectivity index (χ0n) is 18.2. The second kappa shape index (κ2) is 7.76. The molecule has 4 fully saturated rings. The zero-order valence-corrected chi connectivity index (χ0v) is 18.2. The average molecular weight is 389 g/mol. The molecular weight excluding hydrogens is 348 g/mol. The monoisotopic (exact) mass is 388 g/mol. The van der Waals surface area contributed by atoms with Crippen molar-refractivity contribution in [2.24, 2.45) is 46.3 Å². The van der Waals surface area contributed by atoms with E-state index in [1.54, 1.807) is 0 Å². The molecule has 0 radical (unpaired) electrons. The molecule has 0 heterocycles. The summed E-state index contributed by atoms with van der Waals surface area (Å²) in [5.74, 6) is 4.87. The lowest BCUT2D eigenvalue weighted by atomic mass is 9.44. The van der Waals surface area contributed by atoms with Gasteiger partial charge in [0.05, 0.1) is 0 Å². The molecule has 0 amide bonds. The standard InChI is InChI=1S/C25H40O3/c1-17(5-4-14-26)21-8-9-22-20-7-6-18-15-19(28-16-27)10-12-24(18,2)23(20)11-13-25(21,22)3/h14,16-23H,4-13,15H2,1-3H3/t17-,18-,19-,20+,21-,22+,23+,24+,25-/m1/s1. The van der Waals surface area contributed by atoms with E-state index in [0.29, 0.717) is 23.2 Å². The number of hydrogen-bond donors (Lipinski definition) is 0. The SMILES string of the molecule is C[C@H](CCC=O)[C@H]1CC[C@H]2[C@@H]3CC[C@@H]4C[C@H](OC=O)CC[C@]4(C)[C@H]3CC[C@]12C. The fraction of sp³-hybridized carbons (Fsp3) is 0.920. The Morgan fingerprint density at radius 3 is 2.46 bits per heavy atom. The highest BCUT2D eigenvalue weighted by Gasteiger charge is 2.60. The summed E-state index contributed by atoms with van der Waals surface area (Å²) in [5, 5.41) is 0. The van der Waals surface area contributed by atoms with Crippen LogP contribution in [-0.2, 0) is 14.3 Å². The number of fused-ring (bicyclic) bond motifs is 5. The first kappa shape index (κ1) is 20.4. The fourth-order valence-electron chi connectivity index (χ4n) is 8.93. The number of aldehydes is 1. The van der Waals surface area contributed by atoms with E-state index in [9.17, 15) is 9.59 Å². The Bertz CT molecular complexity index is 588. The largest absolute Gasteiger partial charge is 0.465 e. The predicted octanol–water partition coefficient (Wildman–Crippen LogP) is 5.80. The van der Waals surface area contributed by atoms with Crippen molar-refractivity contribution in [1.82, 2.24) is 0 Å². The summed E-state index contributed by atoms with van der Waals surface area (Å²) in [6.45, 7) is 8.25. The summed E-state index contributed by atoms with van der Waals surface area (Å²) in [5.41, 5.74) is 0.943. The molecule has 0 aromatic rings. The smallest absolute Gasteiger partial charge is 0.293 e. The summed E-state index contributed by atoms with van der Waals surface area (Å²) >= 11 is 0. The molecule has 0 saturated heterocycles. The fourth-order valence-corrected chi connectivity index (χ4v) is 8.93. The molecule has 4 rings (SSSR count). The van der Waals surface area contributed by atoms with Crippen LogP contribution in [-0.4, -0.2) is 18.9 Å². The number of carbonyl (C=O) groups is 2. The van der Waals surface area contributed by atoms with Crippen LogP contribution in [0, 0.1) is 46.3 Å². The van der Waals surface area contributed by atoms with Crippen LogP contribution in [0.2, 0.25) is 0 Å². The Morgan fingerprint density at radius 2 is 1.71 bits per heavy atom. The summed E-state index contributed by atoms with van der Waals surface area (Å²) < 4.78 is 5.37. The van der Waals surface area contributed by atoms with Crippen LogP contribution in [0.3, 0.4) is 0 Å². The summed E-state index contributed by atoms with van der Waals surface area (Å²) in [6, 6.07) is 0. The average Bonchev–Trinajstić information content (AvgIpc) is 3.04. The van der Waals surface area contributed by atoms with Gasteiger partial charge in [0.1, 0.15) is 12.4 Å². The van der Waals surface area contributed by atoms with E-state index in [1.165, 1.54) is 44.9 Å². The first-order valence-corrected chi connectivity index (χ1v) is 12.0. The van der Waals surface area contributed by atoms with Crippen molar-refractivity contribution in [3.05, 3.63) is 0 Å². The van der Waals surface area contributed by atoms with Crippen LogP contribution in [0.1, 0.15) is 91.4 Å². The molecule has 0 spiro atoms. The van der Waals surface area contributed by atoms with E-state index < -0.39 is 0 Å². The lowest BCUT2D eigenvalue weighted by molar-refractivity contribution is -0.151. The molecule has 0 unspecified atom stereocenters. The van der Waals surface area contributed by atoms with Gasteiger partial charge in [-0.2, -0.15) is 0 Å². The summed E-state index contributed by atoms with van der Waals surface area (Å²) in [6.07, 6.45) is 14.7. The normalized spacial score (nSPS) is 48.7. The third-order valence-electron chi connectivity index (χ3n) is 10.4. The quantitative estimate of drug-likeness (QED) is 0.540. The van der Waals surface area contributed by atoms with Gasteiger partial charge in [-0.3, -0.25) is 4.79 Å². The topological polar surface area (TPSA) is 43.4 Å². The molecule has 3 nitrogen and oxygen atoms in total. The molecule has 9 atom stereocenters. The Kier molecular flexibility index (Phi) is 5.66. The van der Waals surface area contributed by atoms with Crippen LogP contribution in [0.15, 0.2) is 0 Å². The van der Waals surface area contributed by atoms with Crippen molar-refractivity contribution in [3.63, 3.8) is 0 Å². The van der Waals surface area contributed by atoms with Crippen LogP contribution in [0.25, 0.3) is 0 Å². The van der Waals surface area contributed by atoms with E-state index >= 15 is 0 Å². The van der Waals surface area contributed by atoms with Crippen LogP contribution in [0.5, 0.6) is 0 Å². The highest BCUT2D eigenvalue weighted by molar-refractivity contribution is 5.49. The maximum absolute atomic E-state index is 10.9. The van der Waals surface area contributed by atoms with Crippen molar-refractivity contribution in [1.29, 1.82) is 0 Å². The van der Waals surface area contributed by atoms with Crippen molar-refractivity contribution >= 4 is 12.8 Å². The molecule has 0 aromatic carbocycles. The number of hydrogen-bond acceptors (Lipinski definition) is 3. The van der Waals surface area contributed by atoms with E-state index in [-0.39, 0.29) is 6.10 Å². The highest BCUT2D eigenvalue weighted by atomic mass is 16.5. The van der Waals surface area contributed by atoms with Gasteiger partial charge in [0.25, 0.3) is 6.47 Å². The molecule has 4 aliphatic rings. The summed E-state index contributed by atoms with van der Waals surface area (Å²) in [4.78, 5) is 21.7. The maximum Gasteiger partial charge on any atom is 0.293 e. The van der Waals surface area contributed by atoms with Crippen LogP contribution < -0.4 is 0 Å². The van der Waals surface area contributed by atoms with Crippen molar-refractivity contribution < 1.29 is 14.3 Å². The highest BCUT2D eigenvalue weighted by Crippen LogP contribution is 2.68. The first-order valence-electron chi connectivity index (χ1n) is 12.0. The lowest BCUT2D eigenvalue weighted by Crippen LogP contribution is -2.54. The van der Waals surface area contributed by atoms with E-state index in [1.807, 2.05) is 0 Å². The molecule has 3 heteroatoms.